The van der Waals surface area contributed by atoms with Crippen molar-refractivity contribution in [3.05, 3.63) is 40.1 Å². The first kappa shape index (κ1) is 8.50. The highest BCUT2D eigenvalue weighted by atomic mass is 79.9. The van der Waals surface area contributed by atoms with Crippen molar-refractivity contribution in [1.82, 2.24) is 9.72 Å². The van der Waals surface area contributed by atoms with Crippen molar-refractivity contribution in [2.45, 2.75) is 13.0 Å². The second-order valence-corrected chi connectivity index (χ2v) is 4.51. The number of fused-ring (bicyclic) bond motifs is 3. The predicted octanol–water partition coefficient (Wildman–Crippen LogP) is 2.35. The van der Waals surface area contributed by atoms with Crippen LogP contribution >= 0.6 is 15.9 Å². The summed E-state index contributed by atoms with van der Waals surface area (Å²) in [5.74, 6) is 0. The van der Waals surface area contributed by atoms with Crippen molar-refractivity contribution in [1.29, 1.82) is 0 Å². The summed E-state index contributed by atoms with van der Waals surface area (Å²) in [6, 6.07) is 6.46. The van der Waals surface area contributed by atoms with E-state index in [0.717, 1.165) is 19.5 Å². The maximum atomic E-state index is 3.58. The molecule has 0 unspecified atom stereocenters. The molecule has 14 heavy (non-hydrogen) atoms. The minimum absolute atomic E-state index is 0.986. The molecule has 72 valence electrons. The second kappa shape index (κ2) is 3.11. The molecule has 0 amide bonds. The zero-order valence-electron chi connectivity index (χ0n) is 7.76. The van der Waals surface area contributed by atoms with Gasteiger partial charge >= 0.3 is 0 Å². The molecule has 3 rings (SSSR count). The molecule has 3 heterocycles. The fraction of sp³-hybridized carbons (Fsp3) is 0.273. The van der Waals surface area contributed by atoms with E-state index < -0.39 is 0 Å². The zero-order chi connectivity index (χ0) is 9.54. The highest BCUT2D eigenvalue weighted by Crippen LogP contribution is 2.25. The van der Waals surface area contributed by atoms with E-state index in [0.29, 0.717) is 0 Å². The van der Waals surface area contributed by atoms with E-state index >= 15 is 0 Å². The van der Waals surface area contributed by atoms with E-state index in [1.54, 1.807) is 0 Å². The van der Waals surface area contributed by atoms with Gasteiger partial charge in [-0.25, -0.2) is 0 Å². The van der Waals surface area contributed by atoms with Gasteiger partial charge in [-0.05, 0) is 52.7 Å². The third-order valence-corrected chi connectivity index (χ3v) is 3.49. The molecule has 0 atom stereocenters. The number of nitrogens with zero attached hydrogens (tertiary/aromatic N) is 1. The van der Waals surface area contributed by atoms with Crippen LogP contribution in [0, 0.1) is 0 Å². The number of halogens is 1. The third-order valence-electron chi connectivity index (χ3n) is 2.82. The molecule has 3 heteroatoms. The van der Waals surface area contributed by atoms with Crippen LogP contribution in [0.3, 0.4) is 0 Å². The normalized spacial score (nSPS) is 15.8. The molecule has 0 radical (unpaired) electrons. The average Bonchev–Trinajstić information content (AvgIpc) is 2.59. The van der Waals surface area contributed by atoms with E-state index in [2.05, 4.69) is 50.0 Å². The number of nitrogens with one attached hydrogen (secondary N) is 1. The lowest BCUT2D eigenvalue weighted by molar-refractivity contribution is 0.627. The smallest absolute Gasteiger partial charge is 0.0598 e. The fourth-order valence-electron chi connectivity index (χ4n) is 2.12. The Labute approximate surface area is 91.1 Å². The van der Waals surface area contributed by atoms with Crippen molar-refractivity contribution in [2.24, 2.45) is 0 Å². The Morgan fingerprint density at radius 1 is 1.43 bits per heavy atom. The first-order valence-corrected chi connectivity index (χ1v) is 5.63. The molecule has 2 nitrogen and oxygen atoms in total. The fourth-order valence-corrected chi connectivity index (χ4v) is 2.57. The van der Waals surface area contributed by atoms with Crippen LogP contribution in [0.4, 0.5) is 0 Å². The van der Waals surface area contributed by atoms with Crippen molar-refractivity contribution < 1.29 is 0 Å². The molecular weight excluding hydrogens is 240 g/mol. The summed E-state index contributed by atoms with van der Waals surface area (Å²) in [6.07, 6.45) is 3.27. The van der Waals surface area contributed by atoms with Crippen LogP contribution in [-0.4, -0.2) is 10.9 Å². The lowest BCUT2D eigenvalue weighted by Gasteiger charge is -2.13. The SMILES string of the molecule is Brc1cccn2c3c(cc12)CCNC3. The van der Waals surface area contributed by atoms with Gasteiger partial charge in [0.2, 0.25) is 0 Å². The van der Waals surface area contributed by atoms with Crippen molar-refractivity contribution >= 4 is 21.4 Å². The number of pyridine rings is 1. The molecule has 1 aliphatic heterocycles. The molecule has 1 N–H and O–H groups in total. The summed E-state index contributed by atoms with van der Waals surface area (Å²) in [5, 5.41) is 3.40. The molecule has 2 aromatic heterocycles. The van der Waals surface area contributed by atoms with Gasteiger partial charge in [-0.15, -0.1) is 0 Å². The average molecular weight is 251 g/mol. The molecule has 0 spiro atoms. The van der Waals surface area contributed by atoms with E-state index in [4.69, 9.17) is 0 Å². The van der Waals surface area contributed by atoms with Crippen molar-refractivity contribution in [3.8, 4) is 0 Å². The number of aromatic nitrogens is 1. The van der Waals surface area contributed by atoms with Crippen LogP contribution in [0.1, 0.15) is 11.3 Å². The van der Waals surface area contributed by atoms with Gasteiger partial charge < -0.3 is 9.72 Å². The summed E-state index contributed by atoms with van der Waals surface area (Å²) in [4.78, 5) is 0. The van der Waals surface area contributed by atoms with Gasteiger partial charge in [0, 0.05) is 22.9 Å². The highest BCUT2D eigenvalue weighted by Gasteiger charge is 2.14. The Bertz CT molecular complexity index is 487. The van der Waals surface area contributed by atoms with E-state index in [9.17, 15) is 0 Å². The van der Waals surface area contributed by atoms with Crippen LogP contribution in [-0.2, 0) is 13.0 Å². The molecule has 0 aromatic carbocycles. The first-order valence-electron chi connectivity index (χ1n) is 4.84. The molecule has 0 fully saturated rings. The van der Waals surface area contributed by atoms with Gasteiger partial charge in [-0.1, -0.05) is 0 Å². The largest absolute Gasteiger partial charge is 0.318 e. The summed E-state index contributed by atoms with van der Waals surface area (Å²) >= 11 is 3.58. The summed E-state index contributed by atoms with van der Waals surface area (Å²) in [5.41, 5.74) is 4.17. The van der Waals surface area contributed by atoms with E-state index in [-0.39, 0.29) is 0 Å². The van der Waals surface area contributed by atoms with Crippen LogP contribution < -0.4 is 5.32 Å². The summed E-state index contributed by atoms with van der Waals surface area (Å²) < 4.78 is 3.44. The summed E-state index contributed by atoms with van der Waals surface area (Å²) in [6.45, 7) is 2.08. The topological polar surface area (TPSA) is 16.4 Å². The quantitative estimate of drug-likeness (QED) is 0.760. The number of rotatable bonds is 0. The third kappa shape index (κ3) is 1.12. The van der Waals surface area contributed by atoms with Gasteiger partial charge in [-0.3, -0.25) is 0 Å². The van der Waals surface area contributed by atoms with Crippen LogP contribution in [0.2, 0.25) is 0 Å². The van der Waals surface area contributed by atoms with E-state index in [1.807, 2.05) is 0 Å². The zero-order valence-corrected chi connectivity index (χ0v) is 9.34. The Kier molecular flexibility index (Phi) is 1.89. The number of hydrogen-bond acceptors (Lipinski definition) is 1. The maximum Gasteiger partial charge on any atom is 0.0598 e. The molecular formula is C11H11BrN2. The van der Waals surface area contributed by atoms with Crippen LogP contribution in [0.25, 0.3) is 5.52 Å². The molecule has 0 saturated carbocycles. The van der Waals surface area contributed by atoms with Gasteiger partial charge in [0.1, 0.15) is 0 Å². The lowest BCUT2D eigenvalue weighted by Crippen LogP contribution is -2.23. The maximum absolute atomic E-state index is 3.58. The van der Waals surface area contributed by atoms with Gasteiger partial charge in [0.05, 0.1) is 5.52 Å². The summed E-state index contributed by atoms with van der Waals surface area (Å²) in [7, 11) is 0. The molecule has 0 saturated heterocycles. The predicted molar refractivity (Wildman–Crippen MR) is 60.5 cm³/mol. The first-order chi connectivity index (χ1) is 6.86. The number of hydrogen-bond donors (Lipinski definition) is 1. The lowest BCUT2D eigenvalue weighted by atomic mass is 10.1. The standard InChI is InChI=1S/C11H11BrN2/c12-9-2-1-5-14-10(9)6-8-3-4-13-7-11(8)14/h1-2,5-6,13H,3-4,7H2. The van der Waals surface area contributed by atoms with E-state index in [1.165, 1.54) is 21.2 Å². The Balaban J connectivity index is 2.36. The second-order valence-electron chi connectivity index (χ2n) is 3.65. The molecule has 0 bridgehead atoms. The highest BCUT2D eigenvalue weighted by molar-refractivity contribution is 9.10. The Morgan fingerprint density at radius 3 is 3.29 bits per heavy atom. The Hall–Kier alpha value is -0.800. The van der Waals surface area contributed by atoms with Crippen molar-refractivity contribution in [2.75, 3.05) is 6.54 Å². The van der Waals surface area contributed by atoms with Crippen molar-refractivity contribution in [3.63, 3.8) is 0 Å². The van der Waals surface area contributed by atoms with Gasteiger partial charge in [-0.2, -0.15) is 0 Å². The minimum atomic E-state index is 0.986. The van der Waals surface area contributed by atoms with Gasteiger partial charge in [0.25, 0.3) is 0 Å². The molecule has 0 aliphatic carbocycles. The molecule has 1 aliphatic rings. The monoisotopic (exact) mass is 250 g/mol. The Morgan fingerprint density at radius 2 is 2.36 bits per heavy atom. The minimum Gasteiger partial charge on any atom is -0.318 e. The van der Waals surface area contributed by atoms with Crippen LogP contribution in [0.5, 0.6) is 0 Å². The van der Waals surface area contributed by atoms with Crippen LogP contribution in [0.15, 0.2) is 28.9 Å². The van der Waals surface area contributed by atoms with Gasteiger partial charge in [0.15, 0.2) is 0 Å². The molecule has 2 aromatic rings.